The van der Waals surface area contributed by atoms with Gasteiger partial charge in [0.05, 0.1) is 63.8 Å². The molecule has 2 aromatic carbocycles. The maximum atomic E-state index is 14.9. The van der Waals surface area contributed by atoms with Crippen LogP contribution in [0.1, 0.15) is 153 Å². The number of nitrogens with two attached hydrogens (primary N) is 3. The molecule has 4 rings (SSSR count). The number of carboxylic acids is 4. The van der Waals surface area contributed by atoms with Crippen molar-refractivity contribution in [3.8, 4) is 0 Å². The molecule has 0 spiro atoms. The monoisotopic (exact) mass is 1620 g/mol. The van der Waals surface area contributed by atoms with E-state index in [1.165, 1.54) is 24.3 Å². The van der Waals surface area contributed by atoms with E-state index in [4.69, 9.17) is 21.9 Å². The summed E-state index contributed by atoms with van der Waals surface area (Å²) in [6.45, 7) is 1.24. The van der Waals surface area contributed by atoms with Gasteiger partial charge in [-0.2, -0.15) is 0 Å². The van der Waals surface area contributed by atoms with Crippen LogP contribution in [0.4, 0.5) is 5.69 Å². The number of anilines is 1. The average molecular weight is 1620 g/mol. The molecule has 0 saturated carbocycles. The van der Waals surface area contributed by atoms with Crippen LogP contribution in [-0.2, 0) is 102 Å². The Bertz CT molecular complexity index is 4040. The molecule has 0 aliphatic carbocycles. The van der Waals surface area contributed by atoms with Crippen LogP contribution in [0.25, 0.3) is 10.9 Å². The number of benzene rings is 2. The number of primary amides is 1. The van der Waals surface area contributed by atoms with E-state index in [2.05, 4.69) is 59.8 Å². The molecule has 42 heteroatoms. The Morgan fingerprint density at radius 2 is 1.12 bits per heavy atom. The third-order valence-electron chi connectivity index (χ3n) is 18.1. The van der Waals surface area contributed by atoms with Crippen LogP contribution in [0.5, 0.6) is 0 Å². The Kier molecular flexibility index (Phi) is 39.4. The number of Topliss-reactive ketones (excluding diaryl/α,β-unsaturated/α-hetero) is 2. The number of aliphatic hydroxyl groups excluding tert-OH is 1. The molecule has 1 fully saturated rings. The molecule has 3 aromatic rings. The van der Waals surface area contributed by atoms with Gasteiger partial charge in [0.15, 0.2) is 11.6 Å². The van der Waals surface area contributed by atoms with Gasteiger partial charge in [-0.15, -0.1) is 0 Å². The highest BCUT2D eigenvalue weighted by atomic mass is 16.5. The highest BCUT2D eigenvalue weighted by Gasteiger charge is 2.41. The number of para-hydroxylation sites is 2. The standard InChI is InChI=1S/C73H102N16O26/c1-5-6-7-8-9-10-11-22-55(94)82-46(25-40-32-77-44-20-15-13-17-41(40)44)68(109)85-47(28-54(76)93)69(110)87-50(31-61(103)104)70(111)89-63-38(4)115-73(114)39(26-52(91)42-18-12-14-19-43(42)75)27-53(92)62(36(2)24-58(97)98)88-71(112)51(35-90)83-57(96)33-78-65(106)48(29-59(99)100)84-64(105)37(3)80-67(108)49(30-60(101)102)86-66(107)45(21-16-23-74)81-56(95)34-79-72(63)113/h12-15,17-20,32,36-39,45-51,62-63,77,90H,5-11,16,21-31,33-35,74-75H2,1-4H3,(H2,76,93)(H,78,106)(H,79,113)(H,80,108)(H,81,95)(H,82,94)(H,83,96)(H,84,105)(H,85,109)(H,86,107)(H,87,110)(H,88,112)(H,89,111)(H,97,98)(H,99,100)(H,101,102)(H,103,104)/t36?,37?,38?,39?,45?,46-,47-,48?,49?,50?,51?,62?,63?/m1/s1. The van der Waals surface area contributed by atoms with E-state index < -0.39 is 261 Å². The number of rotatable bonds is 35. The lowest BCUT2D eigenvalue weighted by atomic mass is 9.86. The number of nitrogen functional groups attached to an aromatic ring is 1. The summed E-state index contributed by atoms with van der Waals surface area (Å²) in [5.74, 6) is -31.1. The molecule has 1 aliphatic rings. The third-order valence-corrected chi connectivity index (χ3v) is 18.1. The number of esters is 1. The van der Waals surface area contributed by atoms with Crippen molar-refractivity contribution in [2.24, 2.45) is 23.3 Å². The van der Waals surface area contributed by atoms with Crippen molar-refractivity contribution < 1.29 is 126 Å². The summed E-state index contributed by atoms with van der Waals surface area (Å²) >= 11 is 0. The largest absolute Gasteiger partial charge is 0.481 e. The zero-order valence-electron chi connectivity index (χ0n) is 63.8. The van der Waals surface area contributed by atoms with Crippen LogP contribution >= 0.6 is 0 Å². The van der Waals surface area contributed by atoms with Crippen molar-refractivity contribution in [3.05, 3.63) is 65.9 Å². The van der Waals surface area contributed by atoms with E-state index in [0.29, 0.717) is 29.3 Å². The van der Waals surface area contributed by atoms with Crippen molar-refractivity contribution in [2.45, 2.75) is 210 Å². The maximum absolute atomic E-state index is 14.9. The molecule has 1 saturated heterocycles. The second kappa shape index (κ2) is 47.8. The van der Waals surface area contributed by atoms with Crippen LogP contribution in [0, 0.1) is 11.8 Å². The molecular weight excluding hydrogens is 1520 g/mol. The number of amides is 13. The Morgan fingerprint density at radius 1 is 0.574 bits per heavy atom. The van der Waals surface area contributed by atoms with E-state index in [1.807, 2.05) is 16.0 Å². The van der Waals surface area contributed by atoms with Gasteiger partial charge >= 0.3 is 29.8 Å². The van der Waals surface area contributed by atoms with Crippen LogP contribution in [0.15, 0.2) is 54.7 Å². The summed E-state index contributed by atoms with van der Waals surface area (Å²) in [5.41, 5.74) is 18.2. The van der Waals surface area contributed by atoms with Gasteiger partial charge in [-0.05, 0) is 69.3 Å². The molecule has 13 amide bonds. The smallest absolute Gasteiger partial charge is 0.310 e. The highest BCUT2D eigenvalue weighted by Crippen LogP contribution is 2.25. The molecule has 1 aliphatic heterocycles. The summed E-state index contributed by atoms with van der Waals surface area (Å²) in [7, 11) is 0. The van der Waals surface area contributed by atoms with Crippen LogP contribution < -0.4 is 81.0 Å². The number of H-pyrrole nitrogens is 1. The molecule has 42 nitrogen and oxygen atoms in total. The summed E-state index contributed by atoms with van der Waals surface area (Å²) in [6.07, 6.45) is -3.29. The number of fused-ring (bicyclic) bond motifs is 1. The number of nitrogens with one attached hydrogen (secondary N) is 13. The van der Waals surface area contributed by atoms with E-state index in [1.54, 1.807) is 30.5 Å². The number of unbranched alkanes of at least 4 members (excludes halogenated alkanes) is 6. The number of carboxylic acid groups (broad SMARTS) is 4. The van der Waals surface area contributed by atoms with Gasteiger partial charge in [0.1, 0.15) is 60.5 Å². The Hall–Kier alpha value is -12.5. The van der Waals surface area contributed by atoms with Gasteiger partial charge in [-0.25, -0.2) is 0 Å². The van der Waals surface area contributed by atoms with Gasteiger partial charge in [0.25, 0.3) is 0 Å². The van der Waals surface area contributed by atoms with Gasteiger partial charge < -0.3 is 116 Å². The lowest BCUT2D eigenvalue weighted by Gasteiger charge is -2.29. The number of hydrogen-bond donors (Lipinski definition) is 21. The summed E-state index contributed by atoms with van der Waals surface area (Å²) in [5, 5.41) is 76.7. The van der Waals surface area contributed by atoms with Crippen molar-refractivity contribution in [2.75, 3.05) is 32.0 Å². The minimum absolute atomic E-state index is 0.0155. The number of carbonyl (C=O) groups excluding carboxylic acids is 16. The first-order chi connectivity index (χ1) is 54.4. The number of hydrogen-bond acceptors (Lipinski definition) is 24. The van der Waals surface area contributed by atoms with E-state index in [-0.39, 0.29) is 43.5 Å². The fourth-order valence-electron chi connectivity index (χ4n) is 12.0. The lowest BCUT2D eigenvalue weighted by molar-refractivity contribution is -0.158. The molecule has 11 unspecified atom stereocenters. The normalized spacial score (nSPS) is 21.3. The first-order valence-electron chi connectivity index (χ1n) is 37.0. The maximum Gasteiger partial charge on any atom is 0.310 e. The first-order valence-corrected chi connectivity index (χ1v) is 37.0. The predicted octanol–water partition coefficient (Wildman–Crippen LogP) is -4.53. The fourth-order valence-corrected chi connectivity index (χ4v) is 12.0. The molecule has 0 radical (unpaired) electrons. The van der Waals surface area contributed by atoms with Gasteiger partial charge in [-0.1, -0.05) is 82.7 Å². The Balaban J connectivity index is 1.87. The number of carbonyl (C=O) groups is 20. The van der Waals surface area contributed by atoms with Crippen molar-refractivity contribution in [1.82, 2.24) is 68.8 Å². The topological polar surface area (TPSA) is 690 Å². The molecule has 630 valence electrons. The van der Waals surface area contributed by atoms with Crippen LogP contribution in [0.2, 0.25) is 0 Å². The van der Waals surface area contributed by atoms with Crippen LogP contribution in [-0.4, -0.2) is 241 Å². The van der Waals surface area contributed by atoms with Crippen LogP contribution in [0.3, 0.4) is 0 Å². The number of ketones is 2. The predicted molar refractivity (Wildman–Crippen MR) is 401 cm³/mol. The van der Waals surface area contributed by atoms with Gasteiger partial charge in [0.2, 0.25) is 76.8 Å². The number of cyclic esters (lactones) is 1. The molecule has 13 atom stereocenters. The quantitative estimate of drug-likeness (QED) is 0.0114. The number of aromatic nitrogens is 1. The zero-order valence-corrected chi connectivity index (χ0v) is 63.8. The van der Waals surface area contributed by atoms with Crippen molar-refractivity contribution in [3.63, 3.8) is 0 Å². The average Bonchev–Trinajstić information content (AvgIpc) is 1.72. The third kappa shape index (κ3) is 32.6. The van der Waals surface area contributed by atoms with Gasteiger partial charge in [0, 0.05) is 54.0 Å². The zero-order chi connectivity index (χ0) is 85.8. The number of aliphatic carboxylic acids is 4. The Labute approximate surface area is 658 Å². The summed E-state index contributed by atoms with van der Waals surface area (Å²) < 4.78 is 5.74. The molecule has 2 heterocycles. The van der Waals surface area contributed by atoms with Crippen molar-refractivity contribution in [1.29, 1.82) is 0 Å². The fraction of sp³-hybridized carbons (Fsp3) is 0.534. The molecule has 24 N–H and O–H groups in total. The second-order valence-electron chi connectivity index (χ2n) is 27.6. The van der Waals surface area contributed by atoms with E-state index in [0.717, 1.165) is 52.9 Å². The molecule has 0 bridgehead atoms. The summed E-state index contributed by atoms with van der Waals surface area (Å²) in [6, 6.07) is -7.90. The van der Waals surface area contributed by atoms with Gasteiger partial charge in [-0.3, -0.25) is 95.9 Å². The Morgan fingerprint density at radius 3 is 1.72 bits per heavy atom. The van der Waals surface area contributed by atoms with Crippen molar-refractivity contribution >= 4 is 135 Å². The number of ether oxygens (including phenoxy) is 1. The minimum Gasteiger partial charge on any atom is -0.481 e. The lowest BCUT2D eigenvalue weighted by Crippen LogP contribution is -2.61. The number of aromatic amines is 1. The SMILES string of the molecule is CCCCCCCCCC(=O)N[C@H](Cc1c[nH]c2ccccc12)C(=O)N[C@H](CC(N)=O)C(=O)NC(CC(=O)O)C(=O)NC1C(=O)NCC(=O)NC(CCCN)C(=O)NC(CC(=O)O)C(=O)NC(C)C(=O)NC(CC(=O)O)C(=O)NCC(=O)NC(CO)C(=O)NC(C(C)CC(=O)O)C(=O)CC(CC(=O)c2ccccc2N)C(=O)OC1C. The second-order valence-corrected chi connectivity index (χ2v) is 27.6. The van der Waals surface area contributed by atoms with E-state index >= 15 is 0 Å². The summed E-state index contributed by atoms with van der Waals surface area (Å²) in [4.78, 5) is 276. The minimum atomic E-state index is -2.42. The molecule has 115 heavy (non-hydrogen) atoms. The number of aliphatic hydroxyl groups is 1. The highest BCUT2D eigenvalue weighted by molar-refractivity contribution is 6.05. The molecular formula is C73H102N16O26. The first kappa shape index (κ1) is 94.9. The van der Waals surface area contributed by atoms with E-state index in [9.17, 15) is 121 Å². The molecule has 1 aromatic heterocycles.